The van der Waals surface area contributed by atoms with E-state index in [0.29, 0.717) is 18.8 Å². The van der Waals surface area contributed by atoms with Gasteiger partial charge < -0.3 is 5.11 Å². The molecule has 0 aliphatic heterocycles. The Hall–Kier alpha value is -1.76. The van der Waals surface area contributed by atoms with Gasteiger partial charge in [0.25, 0.3) is 0 Å². The van der Waals surface area contributed by atoms with Crippen LogP contribution in [0.5, 0.6) is 0 Å². The summed E-state index contributed by atoms with van der Waals surface area (Å²) in [7, 11) is 0. The van der Waals surface area contributed by atoms with E-state index in [4.69, 9.17) is 5.11 Å². The van der Waals surface area contributed by atoms with Crippen LogP contribution in [-0.2, 0) is 11.3 Å². The number of tetrazole rings is 1. The maximum Gasteiger partial charge on any atom is 0.303 e. The molecule has 1 N–H and O–H groups in total. The zero-order chi connectivity index (χ0) is 13.1. The van der Waals surface area contributed by atoms with Gasteiger partial charge in [0, 0.05) is 17.8 Å². The normalized spacial score (nSPS) is 10.8. The highest BCUT2D eigenvalue weighted by molar-refractivity contribution is 7.15. The molecule has 0 atom stereocenters. The molecule has 0 radical (unpaired) electrons. The van der Waals surface area contributed by atoms with Crippen LogP contribution in [0.15, 0.2) is 6.07 Å². The lowest BCUT2D eigenvalue weighted by Crippen LogP contribution is -2.05. The Morgan fingerprint density at radius 3 is 2.89 bits per heavy atom. The number of carbonyl (C=O) groups is 1. The summed E-state index contributed by atoms with van der Waals surface area (Å²) in [5.74, 6) is -0.0889. The van der Waals surface area contributed by atoms with Crippen molar-refractivity contribution in [2.24, 2.45) is 0 Å². The van der Waals surface area contributed by atoms with Crippen molar-refractivity contribution in [3.8, 4) is 10.7 Å². The van der Waals surface area contributed by atoms with Gasteiger partial charge in [-0.15, -0.1) is 16.4 Å². The Bertz CT molecular complexity index is 542. The molecule has 0 bridgehead atoms. The first kappa shape index (κ1) is 12.7. The molecule has 0 aliphatic carbocycles. The first-order chi connectivity index (χ1) is 8.58. The topological polar surface area (TPSA) is 80.9 Å². The third-order valence-corrected chi connectivity index (χ3v) is 3.83. The molecule has 7 heteroatoms. The zero-order valence-corrected chi connectivity index (χ0v) is 11.1. The summed E-state index contributed by atoms with van der Waals surface area (Å²) in [5, 5.41) is 20.2. The predicted octanol–water partition coefficient (Wildman–Crippen LogP) is 1.88. The number of aromatic nitrogens is 4. The molecular weight excluding hydrogens is 252 g/mol. The highest BCUT2D eigenvalue weighted by atomic mass is 32.1. The molecule has 2 aromatic rings. The van der Waals surface area contributed by atoms with Gasteiger partial charge in [-0.25, -0.2) is 4.68 Å². The minimum absolute atomic E-state index is 0.127. The molecule has 2 aromatic heterocycles. The molecule has 96 valence electrons. The molecule has 0 aliphatic rings. The highest BCUT2D eigenvalue weighted by Crippen LogP contribution is 2.28. The molecule has 0 saturated carbocycles. The van der Waals surface area contributed by atoms with Crippen LogP contribution < -0.4 is 0 Å². The highest BCUT2D eigenvalue weighted by Gasteiger charge is 2.12. The Balaban J connectivity index is 2.14. The van der Waals surface area contributed by atoms with Gasteiger partial charge in [0.1, 0.15) is 0 Å². The number of rotatable bonds is 5. The van der Waals surface area contributed by atoms with E-state index in [-0.39, 0.29) is 6.42 Å². The van der Waals surface area contributed by atoms with E-state index >= 15 is 0 Å². The van der Waals surface area contributed by atoms with E-state index < -0.39 is 5.97 Å². The predicted molar refractivity (Wildman–Crippen MR) is 67.5 cm³/mol. The first-order valence-electron chi connectivity index (χ1n) is 5.63. The van der Waals surface area contributed by atoms with Crippen LogP contribution in [0.4, 0.5) is 0 Å². The number of aryl methyl sites for hydroxylation is 3. The molecule has 0 unspecified atom stereocenters. The summed E-state index contributed by atoms with van der Waals surface area (Å²) in [6.45, 7) is 4.63. The summed E-state index contributed by atoms with van der Waals surface area (Å²) in [6, 6.07) is 2.05. The molecule has 0 amide bonds. The van der Waals surface area contributed by atoms with Crippen LogP contribution in [0.3, 0.4) is 0 Å². The van der Waals surface area contributed by atoms with E-state index in [0.717, 1.165) is 4.88 Å². The Morgan fingerprint density at radius 1 is 1.50 bits per heavy atom. The van der Waals surface area contributed by atoms with Crippen LogP contribution in [0.2, 0.25) is 0 Å². The minimum atomic E-state index is -0.799. The summed E-state index contributed by atoms with van der Waals surface area (Å²) < 4.78 is 1.66. The molecule has 2 heterocycles. The summed E-state index contributed by atoms with van der Waals surface area (Å²) in [4.78, 5) is 12.7. The van der Waals surface area contributed by atoms with Crippen molar-refractivity contribution >= 4 is 17.3 Å². The van der Waals surface area contributed by atoms with Crippen LogP contribution in [0.1, 0.15) is 23.3 Å². The molecule has 0 aromatic carbocycles. The Morgan fingerprint density at radius 2 is 2.28 bits per heavy atom. The lowest BCUT2D eigenvalue weighted by Gasteiger charge is -2.01. The standard InChI is InChI=1S/C11H14N4O2S/c1-7-6-9(18-8(7)2)11-12-13-14-15(11)5-3-4-10(16)17/h6H,3-5H2,1-2H3,(H,16,17). The Kier molecular flexibility index (Phi) is 3.71. The van der Waals surface area contributed by atoms with Gasteiger partial charge in [0.2, 0.25) is 0 Å². The fraction of sp³-hybridized carbons (Fsp3) is 0.455. The fourth-order valence-corrected chi connectivity index (χ4v) is 2.62. The van der Waals surface area contributed by atoms with Crippen molar-refractivity contribution in [3.63, 3.8) is 0 Å². The molecule has 0 fully saturated rings. The van der Waals surface area contributed by atoms with Gasteiger partial charge in [0.05, 0.1) is 4.88 Å². The first-order valence-corrected chi connectivity index (χ1v) is 6.45. The van der Waals surface area contributed by atoms with Gasteiger partial charge in [-0.2, -0.15) is 0 Å². The van der Waals surface area contributed by atoms with E-state index in [2.05, 4.69) is 28.5 Å². The third kappa shape index (κ3) is 2.73. The van der Waals surface area contributed by atoms with Crippen molar-refractivity contribution < 1.29 is 9.90 Å². The lowest BCUT2D eigenvalue weighted by atomic mass is 10.3. The second kappa shape index (κ2) is 5.26. The zero-order valence-electron chi connectivity index (χ0n) is 10.3. The average Bonchev–Trinajstić information content (AvgIpc) is 2.86. The lowest BCUT2D eigenvalue weighted by molar-refractivity contribution is -0.137. The maximum atomic E-state index is 10.5. The van der Waals surface area contributed by atoms with Crippen LogP contribution in [-0.4, -0.2) is 31.3 Å². The largest absolute Gasteiger partial charge is 0.481 e. The second-order valence-electron chi connectivity index (χ2n) is 4.07. The van der Waals surface area contributed by atoms with Gasteiger partial charge in [-0.3, -0.25) is 4.79 Å². The summed E-state index contributed by atoms with van der Waals surface area (Å²) >= 11 is 1.65. The van der Waals surface area contributed by atoms with E-state index in [9.17, 15) is 4.79 Å². The quantitative estimate of drug-likeness (QED) is 0.893. The monoisotopic (exact) mass is 266 g/mol. The number of thiophene rings is 1. The molecule has 0 saturated heterocycles. The van der Waals surface area contributed by atoms with Crippen molar-refractivity contribution in [1.82, 2.24) is 20.2 Å². The molecule has 18 heavy (non-hydrogen) atoms. The third-order valence-electron chi connectivity index (χ3n) is 2.68. The van der Waals surface area contributed by atoms with Crippen LogP contribution >= 0.6 is 11.3 Å². The molecular formula is C11H14N4O2S. The number of aliphatic carboxylic acids is 1. The SMILES string of the molecule is Cc1cc(-c2nnnn2CCCC(=O)O)sc1C. The summed E-state index contributed by atoms with van der Waals surface area (Å²) in [6.07, 6.45) is 0.651. The smallest absolute Gasteiger partial charge is 0.303 e. The average molecular weight is 266 g/mol. The van der Waals surface area contributed by atoms with Gasteiger partial charge in [-0.1, -0.05) is 0 Å². The van der Waals surface area contributed by atoms with Crippen LogP contribution in [0, 0.1) is 13.8 Å². The van der Waals surface area contributed by atoms with Crippen LogP contribution in [0.25, 0.3) is 10.7 Å². The number of carboxylic acids is 1. The van der Waals surface area contributed by atoms with Gasteiger partial charge in [0.15, 0.2) is 5.82 Å². The molecule has 6 nitrogen and oxygen atoms in total. The molecule has 2 rings (SSSR count). The number of hydrogen-bond acceptors (Lipinski definition) is 5. The van der Waals surface area contributed by atoms with E-state index in [1.807, 2.05) is 6.92 Å². The minimum Gasteiger partial charge on any atom is -0.481 e. The molecule has 0 spiro atoms. The number of hydrogen-bond donors (Lipinski definition) is 1. The number of nitrogens with zero attached hydrogens (tertiary/aromatic N) is 4. The maximum absolute atomic E-state index is 10.5. The van der Waals surface area contributed by atoms with E-state index in [1.165, 1.54) is 10.4 Å². The van der Waals surface area contributed by atoms with Crippen molar-refractivity contribution in [3.05, 3.63) is 16.5 Å². The second-order valence-corrected chi connectivity index (χ2v) is 5.33. The summed E-state index contributed by atoms with van der Waals surface area (Å²) in [5.41, 5.74) is 1.22. The van der Waals surface area contributed by atoms with Crippen molar-refractivity contribution in [2.45, 2.75) is 33.2 Å². The van der Waals surface area contributed by atoms with E-state index in [1.54, 1.807) is 16.0 Å². The van der Waals surface area contributed by atoms with Gasteiger partial charge in [-0.05, 0) is 42.3 Å². The number of carboxylic acid groups (broad SMARTS) is 1. The van der Waals surface area contributed by atoms with Crippen molar-refractivity contribution in [1.29, 1.82) is 0 Å². The van der Waals surface area contributed by atoms with Gasteiger partial charge >= 0.3 is 5.97 Å². The Labute approximate surface area is 108 Å². The van der Waals surface area contributed by atoms with Crippen molar-refractivity contribution in [2.75, 3.05) is 0 Å². The fourth-order valence-electron chi connectivity index (χ4n) is 1.60.